The van der Waals surface area contributed by atoms with E-state index in [1.54, 1.807) is 12.1 Å². The predicted octanol–water partition coefficient (Wildman–Crippen LogP) is 2.11. The minimum atomic E-state index is -3.59. The van der Waals surface area contributed by atoms with Crippen LogP contribution in [0.3, 0.4) is 0 Å². The van der Waals surface area contributed by atoms with Gasteiger partial charge in [-0.25, -0.2) is 8.42 Å². The second-order valence-corrected chi connectivity index (χ2v) is 8.58. The first-order valence-electron chi connectivity index (χ1n) is 8.76. The lowest BCUT2D eigenvalue weighted by Crippen LogP contribution is -2.45. The summed E-state index contributed by atoms with van der Waals surface area (Å²) in [7, 11) is -1.66. The van der Waals surface area contributed by atoms with E-state index < -0.39 is 10.0 Å². The molecular weight excluding hydrogens is 338 g/mol. The number of sulfonamides is 1. The van der Waals surface area contributed by atoms with Gasteiger partial charge in [0.15, 0.2) is 0 Å². The van der Waals surface area contributed by atoms with Crippen LogP contribution in [0, 0.1) is 5.92 Å². The average molecular weight is 363 g/mol. The van der Waals surface area contributed by atoms with E-state index in [0.717, 1.165) is 23.7 Å². The molecule has 1 fully saturated rings. The molecule has 1 aromatic carbocycles. The van der Waals surface area contributed by atoms with Crippen LogP contribution in [0.2, 0.25) is 0 Å². The molecule has 1 aliphatic rings. The van der Waals surface area contributed by atoms with Crippen molar-refractivity contribution in [1.82, 2.24) is 14.2 Å². The number of hydrogen-bond acceptors (Lipinski definition) is 3. The molecule has 1 saturated heterocycles. The maximum absolute atomic E-state index is 13.0. The summed E-state index contributed by atoms with van der Waals surface area (Å²) in [5.41, 5.74) is 0.995. The number of rotatable bonds is 5. The molecule has 1 N–H and O–H groups in total. The van der Waals surface area contributed by atoms with Gasteiger partial charge < -0.3 is 9.88 Å². The molecule has 3 rings (SSSR count). The van der Waals surface area contributed by atoms with Crippen molar-refractivity contribution in [3.05, 3.63) is 30.5 Å². The molecule has 2 heterocycles. The number of carbonyl (C=O) groups excluding carboxylic acids is 1. The Morgan fingerprint density at radius 3 is 2.88 bits per heavy atom. The SMILES string of the molecule is CCCNC(=O)[C@H]1CCCN(S(=O)(=O)c2ccc3c(ccn3C)c2)C1. The number of benzene rings is 1. The van der Waals surface area contributed by atoms with Crippen LogP contribution in [0.25, 0.3) is 10.9 Å². The highest BCUT2D eigenvalue weighted by atomic mass is 32.2. The van der Waals surface area contributed by atoms with Gasteiger partial charge in [-0.05, 0) is 43.5 Å². The minimum Gasteiger partial charge on any atom is -0.356 e. The molecule has 0 bridgehead atoms. The van der Waals surface area contributed by atoms with E-state index in [1.807, 2.05) is 36.9 Å². The van der Waals surface area contributed by atoms with Crippen molar-refractivity contribution >= 4 is 26.8 Å². The van der Waals surface area contributed by atoms with Gasteiger partial charge in [0.1, 0.15) is 0 Å². The van der Waals surface area contributed by atoms with Crippen LogP contribution >= 0.6 is 0 Å². The van der Waals surface area contributed by atoms with E-state index in [-0.39, 0.29) is 18.4 Å². The number of nitrogens with one attached hydrogen (secondary N) is 1. The lowest BCUT2D eigenvalue weighted by molar-refractivity contribution is -0.126. The molecule has 0 unspecified atom stereocenters. The molecule has 1 aliphatic heterocycles. The van der Waals surface area contributed by atoms with Crippen molar-refractivity contribution in [2.24, 2.45) is 13.0 Å². The lowest BCUT2D eigenvalue weighted by Gasteiger charge is -2.31. The first-order chi connectivity index (χ1) is 11.9. The average Bonchev–Trinajstić information content (AvgIpc) is 3.00. The fourth-order valence-electron chi connectivity index (χ4n) is 3.34. The number of aromatic nitrogens is 1. The molecule has 1 aromatic heterocycles. The predicted molar refractivity (Wildman–Crippen MR) is 97.7 cm³/mol. The summed E-state index contributed by atoms with van der Waals surface area (Å²) in [5, 5.41) is 3.78. The summed E-state index contributed by atoms with van der Waals surface area (Å²) >= 11 is 0. The number of hydrogen-bond donors (Lipinski definition) is 1. The first kappa shape index (κ1) is 17.9. The van der Waals surface area contributed by atoms with Gasteiger partial charge in [-0.15, -0.1) is 0 Å². The van der Waals surface area contributed by atoms with Crippen LogP contribution in [-0.4, -0.2) is 42.8 Å². The quantitative estimate of drug-likeness (QED) is 0.884. The maximum atomic E-state index is 13.0. The Morgan fingerprint density at radius 1 is 1.32 bits per heavy atom. The Hall–Kier alpha value is -1.86. The molecule has 0 saturated carbocycles. The van der Waals surface area contributed by atoms with Gasteiger partial charge in [0.25, 0.3) is 0 Å². The van der Waals surface area contributed by atoms with Crippen molar-refractivity contribution < 1.29 is 13.2 Å². The zero-order valence-corrected chi connectivity index (χ0v) is 15.6. The Bertz CT molecular complexity index is 873. The Balaban J connectivity index is 1.81. The number of fused-ring (bicyclic) bond motifs is 1. The van der Waals surface area contributed by atoms with Crippen molar-refractivity contribution in [2.75, 3.05) is 19.6 Å². The molecule has 136 valence electrons. The smallest absolute Gasteiger partial charge is 0.243 e. The van der Waals surface area contributed by atoms with E-state index >= 15 is 0 Å². The van der Waals surface area contributed by atoms with Gasteiger partial charge in [0, 0.05) is 43.8 Å². The van der Waals surface area contributed by atoms with E-state index in [2.05, 4.69) is 5.32 Å². The van der Waals surface area contributed by atoms with Crippen LogP contribution in [0.15, 0.2) is 35.4 Å². The van der Waals surface area contributed by atoms with Crippen molar-refractivity contribution in [3.8, 4) is 0 Å². The number of nitrogens with zero attached hydrogens (tertiary/aromatic N) is 2. The first-order valence-corrected chi connectivity index (χ1v) is 10.2. The van der Waals surface area contributed by atoms with Crippen LogP contribution < -0.4 is 5.32 Å². The lowest BCUT2D eigenvalue weighted by atomic mass is 9.99. The summed E-state index contributed by atoms with van der Waals surface area (Å²) in [6.45, 7) is 3.35. The number of amides is 1. The van der Waals surface area contributed by atoms with Crippen molar-refractivity contribution in [3.63, 3.8) is 0 Å². The molecular formula is C18H25N3O3S. The third-order valence-electron chi connectivity index (χ3n) is 4.80. The molecule has 0 aliphatic carbocycles. The molecule has 7 heteroatoms. The third kappa shape index (κ3) is 3.57. The number of aryl methyl sites for hydroxylation is 1. The largest absolute Gasteiger partial charge is 0.356 e. The van der Waals surface area contributed by atoms with E-state index in [1.165, 1.54) is 4.31 Å². The van der Waals surface area contributed by atoms with Crippen LogP contribution in [-0.2, 0) is 21.9 Å². The van der Waals surface area contributed by atoms with Gasteiger partial charge in [-0.1, -0.05) is 6.92 Å². The zero-order valence-electron chi connectivity index (χ0n) is 14.7. The van der Waals surface area contributed by atoms with Crippen LogP contribution in [0.4, 0.5) is 0 Å². The summed E-state index contributed by atoms with van der Waals surface area (Å²) < 4.78 is 29.4. The Morgan fingerprint density at radius 2 is 2.12 bits per heavy atom. The molecule has 25 heavy (non-hydrogen) atoms. The zero-order chi connectivity index (χ0) is 18.0. The maximum Gasteiger partial charge on any atom is 0.243 e. The van der Waals surface area contributed by atoms with Gasteiger partial charge >= 0.3 is 0 Å². The van der Waals surface area contributed by atoms with Crippen molar-refractivity contribution in [2.45, 2.75) is 31.1 Å². The van der Waals surface area contributed by atoms with Gasteiger partial charge in [0.2, 0.25) is 15.9 Å². The summed E-state index contributed by atoms with van der Waals surface area (Å²) in [4.78, 5) is 12.5. The van der Waals surface area contributed by atoms with Crippen molar-refractivity contribution in [1.29, 1.82) is 0 Å². The molecule has 1 amide bonds. The monoisotopic (exact) mass is 363 g/mol. The standard InChI is InChI=1S/C18H25N3O3S/c1-3-9-19-18(22)15-5-4-10-21(13-15)25(23,24)16-6-7-17-14(12-16)8-11-20(17)2/h6-8,11-12,15H,3-5,9-10,13H2,1-2H3,(H,19,22)/t15-/m0/s1. The van der Waals surface area contributed by atoms with Gasteiger partial charge in [0.05, 0.1) is 10.8 Å². The second-order valence-electron chi connectivity index (χ2n) is 6.64. The summed E-state index contributed by atoms with van der Waals surface area (Å²) in [6, 6.07) is 7.10. The molecule has 6 nitrogen and oxygen atoms in total. The minimum absolute atomic E-state index is 0.0414. The fraction of sp³-hybridized carbons (Fsp3) is 0.500. The molecule has 0 spiro atoms. The molecule has 1 atom stereocenters. The molecule has 2 aromatic rings. The highest BCUT2D eigenvalue weighted by molar-refractivity contribution is 7.89. The van der Waals surface area contributed by atoms with E-state index in [4.69, 9.17) is 0 Å². The number of carbonyl (C=O) groups is 1. The highest BCUT2D eigenvalue weighted by Crippen LogP contribution is 2.26. The molecule has 0 radical (unpaired) electrons. The van der Waals surface area contributed by atoms with Gasteiger partial charge in [-0.3, -0.25) is 4.79 Å². The highest BCUT2D eigenvalue weighted by Gasteiger charge is 2.33. The third-order valence-corrected chi connectivity index (χ3v) is 6.66. The van der Waals surface area contributed by atoms with Gasteiger partial charge in [-0.2, -0.15) is 4.31 Å². The summed E-state index contributed by atoms with van der Waals surface area (Å²) in [5.74, 6) is -0.309. The number of piperidine rings is 1. The topological polar surface area (TPSA) is 71.4 Å². The second kappa shape index (κ2) is 7.17. The fourth-order valence-corrected chi connectivity index (χ4v) is 4.90. The van der Waals surface area contributed by atoms with E-state index in [9.17, 15) is 13.2 Å². The van der Waals surface area contributed by atoms with Crippen LogP contribution in [0.5, 0.6) is 0 Å². The summed E-state index contributed by atoms with van der Waals surface area (Å²) in [6.07, 6.45) is 4.23. The van der Waals surface area contributed by atoms with Crippen LogP contribution in [0.1, 0.15) is 26.2 Å². The Labute approximate surface area is 148 Å². The van der Waals surface area contributed by atoms with E-state index in [0.29, 0.717) is 24.4 Å². The normalized spacial score (nSPS) is 19.2. The Kier molecular flexibility index (Phi) is 5.15.